The molecule has 2 fully saturated rings. The summed E-state index contributed by atoms with van der Waals surface area (Å²) in [6.07, 6.45) is 9.40. The molecule has 2 aromatic rings. The number of hydrogen-bond acceptors (Lipinski definition) is 3. The Kier molecular flexibility index (Phi) is 5.19. The third-order valence-corrected chi connectivity index (χ3v) is 5.85. The normalized spacial score (nSPS) is 19.9. The number of anilines is 1. The van der Waals surface area contributed by atoms with Crippen molar-refractivity contribution in [3.05, 3.63) is 48.0 Å². The smallest absolute Gasteiger partial charge is 0.227 e. The van der Waals surface area contributed by atoms with Crippen LogP contribution in [0, 0.1) is 5.92 Å². The van der Waals surface area contributed by atoms with E-state index in [0.717, 1.165) is 49.6 Å². The minimum atomic E-state index is 0.234. The fourth-order valence-electron chi connectivity index (χ4n) is 4.03. The summed E-state index contributed by atoms with van der Waals surface area (Å²) in [6.45, 7) is 2.77. The molecular weight excluding hydrogens is 336 g/mol. The van der Waals surface area contributed by atoms with Gasteiger partial charge in [-0.25, -0.2) is 4.98 Å². The van der Waals surface area contributed by atoms with Crippen LogP contribution in [0.15, 0.2) is 36.7 Å². The Labute approximate surface area is 162 Å². The number of imidazole rings is 1. The van der Waals surface area contributed by atoms with Crippen molar-refractivity contribution in [2.45, 2.75) is 44.6 Å². The van der Waals surface area contributed by atoms with Gasteiger partial charge < -0.3 is 14.4 Å². The van der Waals surface area contributed by atoms with Crippen molar-refractivity contribution >= 4 is 11.6 Å². The van der Waals surface area contributed by atoms with E-state index in [9.17, 15) is 4.79 Å². The van der Waals surface area contributed by atoms with Crippen LogP contribution >= 0.6 is 0 Å². The Hall–Kier alpha value is -2.30. The molecule has 5 nitrogen and oxygen atoms in total. The number of hydrogen-bond donors (Lipinski definition) is 0. The molecule has 144 valence electrons. The molecule has 27 heavy (non-hydrogen) atoms. The molecule has 0 N–H and O–H groups in total. The second-order valence-corrected chi connectivity index (χ2v) is 8.30. The van der Waals surface area contributed by atoms with Crippen molar-refractivity contribution in [1.82, 2.24) is 14.5 Å². The number of carbonyl (C=O) groups excluding carboxylic acids is 1. The summed E-state index contributed by atoms with van der Waals surface area (Å²) in [5.41, 5.74) is 2.25. The quantitative estimate of drug-likeness (QED) is 0.788. The van der Waals surface area contributed by atoms with Gasteiger partial charge in [-0.3, -0.25) is 4.79 Å². The SMILES string of the molecule is CN(C)c1ccc(CC(=O)N2CCCC(c3nccn3CC3CC3)C2)cc1. The van der Waals surface area contributed by atoms with Crippen molar-refractivity contribution in [1.29, 1.82) is 0 Å². The van der Waals surface area contributed by atoms with E-state index in [-0.39, 0.29) is 5.91 Å². The van der Waals surface area contributed by atoms with Gasteiger partial charge in [-0.1, -0.05) is 12.1 Å². The van der Waals surface area contributed by atoms with Crippen LogP contribution < -0.4 is 4.90 Å². The van der Waals surface area contributed by atoms with Crippen LogP contribution in [-0.4, -0.2) is 47.5 Å². The molecule has 0 radical (unpaired) electrons. The second-order valence-electron chi connectivity index (χ2n) is 8.30. The van der Waals surface area contributed by atoms with Gasteiger partial charge in [0, 0.05) is 57.7 Å². The van der Waals surface area contributed by atoms with Crippen LogP contribution in [0.3, 0.4) is 0 Å². The fraction of sp³-hybridized carbons (Fsp3) is 0.545. The van der Waals surface area contributed by atoms with Gasteiger partial charge >= 0.3 is 0 Å². The standard InChI is InChI=1S/C22H30N4O/c1-24(2)20-9-7-17(8-10-20)14-21(27)25-12-3-4-19(16-25)22-23-11-13-26(22)15-18-5-6-18/h7-11,13,18-19H,3-6,12,14-16H2,1-2H3. The molecule has 0 bridgehead atoms. The Morgan fingerprint density at radius 2 is 1.96 bits per heavy atom. The van der Waals surface area contributed by atoms with Crippen LogP contribution in [0.1, 0.15) is 43.0 Å². The van der Waals surface area contributed by atoms with Crippen LogP contribution in [0.4, 0.5) is 5.69 Å². The van der Waals surface area contributed by atoms with Gasteiger partial charge in [-0.2, -0.15) is 0 Å². The molecule has 1 unspecified atom stereocenters. The fourth-order valence-corrected chi connectivity index (χ4v) is 4.03. The average molecular weight is 367 g/mol. The van der Waals surface area contributed by atoms with E-state index in [1.54, 1.807) is 0 Å². The zero-order valence-electron chi connectivity index (χ0n) is 16.5. The molecule has 5 heteroatoms. The summed E-state index contributed by atoms with van der Waals surface area (Å²) >= 11 is 0. The first-order valence-electron chi connectivity index (χ1n) is 10.1. The van der Waals surface area contributed by atoms with E-state index < -0.39 is 0 Å². The lowest BCUT2D eigenvalue weighted by molar-refractivity contribution is -0.131. The summed E-state index contributed by atoms with van der Waals surface area (Å²) in [6, 6.07) is 8.29. The molecular formula is C22H30N4O. The van der Waals surface area contributed by atoms with Gasteiger partial charge in [0.05, 0.1) is 6.42 Å². The van der Waals surface area contributed by atoms with Gasteiger partial charge in [0.1, 0.15) is 5.82 Å². The van der Waals surface area contributed by atoms with Crippen molar-refractivity contribution in [3.8, 4) is 0 Å². The molecule has 1 amide bonds. The Morgan fingerprint density at radius 3 is 2.67 bits per heavy atom. The molecule has 1 aromatic heterocycles. The highest BCUT2D eigenvalue weighted by atomic mass is 16.2. The molecule has 1 aliphatic carbocycles. The Balaban J connectivity index is 1.38. The van der Waals surface area contributed by atoms with Crippen molar-refractivity contribution < 1.29 is 4.79 Å². The summed E-state index contributed by atoms with van der Waals surface area (Å²) < 4.78 is 2.33. The second kappa shape index (κ2) is 7.75. The monoisotopic (exact) mass is 366 g/mol. The first-order valence-corrected chi connectivity index (χ1v) is 10.1. The maximum Gasteiger partial charge on any atom is 0.227 e. The Morgan fingerprint density at radius 1 is 1.19 bits per heavy atom. The predicted octanol–water partition coefficient (Wildman–Crippen LogP) is 3.31. The van der Waals surface area contributed by atoms with Gasteiger partial charge in [0.25, 0.3) is 0 Å². The Bertz CT molecular complexity index is 776. The molecule has 1 aromatic carbocycles. The molecule has 1 saturated heterocycles. The average Bonchev–Trinajstić information content (AvgIpc) is 3.37. The largest absolute Gasteiger partial charge is 0.378 e. The highest BCUT2D eigenvalue weighted by Crippen LogP contribution is 2.33. The third-order valence-electron chi connectivity index (χ3n) is 5.85. The molecule has 1 saturated carbocycles. The van der Waals surface area contributed by atoms with Gasteiger partial charge in [-0.05, 0) is 49.3 Å². The summed E-state index contributed by atoms with van der Waals surface area (Å²) in [7, 11) is 4.06. The first-order chi connectivity index (χ1) is 13.1. The van der Waals surface area contributed by atoms with Crippen molar-refractivity contribution in [2.75, 3.05) is 32.1 Å². The lowest BCUT2D eigenvalue weighted by Gasteiger charge is -2.33. The maximum atomic E-state index is 12.9. The highest BCUT2D eigenvalue weighted by Gasteiger charge is 2.29. The summed E-state index contributed by atoms with van der Waals surface area (Å²) in [5.74, 6) is 2.62. The van der Waals surface area contributed by atoms with E-state index >= 15 is 0 Å². The van der Waals surface area contributed by atoms with Crippen molar-refractivity contribution in [2.24, 2.45) is 5.92 Å². The number of benzene rings is 1. The number of piperidine rings is 1. The highest BCUT2D eigenvalue weighted by molar-refractivity contribution is 5.79. The topological polar surface area (TPSA) is 41.4 Å². The van der Waals surface area contributed by atoms with Crippen LogP contribution in [-0.2, 0) is 17.8 Å². The molecule has 1 aliphatic heterocycles. The van der Waals surface area contributed by atoms with E-state index in [1.807, 2.05) is 25.2 Å². The maximum absolute atomic E-state index is 12.9. The number of likely N-dealkylation sites (tertiary alicyclic amines) is 1. The number of amides is 1. The minimum Gasteiger partial charge on any atom is -0.378 e. The zero-order chi connectivity index (χ0) is 18.8. The van der Waals surface area contributed by atoms with Crippen LogP contribution in [0.5, 0.6) is 0 Å². The predicted molar refractivity (Wildman–Crippen MR) is 108 cm³/mol. The number of aromatic nitrogens is 2. The van der Waals surface area contributed by atoms with Gasteiger partial charge in [0.15, 0.2) is 0 Å². The van der Waals surface area contributed by atoms with E-state index in [0.29, 0.717) is 12.3 Å². The lowest BCUT2D eigenvalue weighted by Crippen LogP contribution is -2.40. The molecule has 2 heterocycles. The molecule has 2 aliphatic rings. The van der Waals surface area contributed by atoms with Crippen molar-refractivity contribution in [3.63, 3.8) is 0 Å². The van der Waals surface area contributed by atoms with Crippen LogP contribution in [0.25, 0.3) is 0 Å². The molecule has 1 atom stereocenters. The first kappa shape index (κ1) is 18.1. The van der Waals surface area contributed by atoms with E-state index in [1.165, 1.54) is 18.7 Å². The zero-order valence-corrected chi connectivity index (χ0v) is 16.5. The van der Waals surface area contributed by atoms with E-state index in [4.69, 9.17) is 0 Å². The number of carbonyl (C=O) groups is 1. The number of rotatable bonds is 6. The lowest BCUT2D eigenvalue weighted by atomic mass is 9.96. The number of nitrogens with zero attached hydrogens (tertiary/aromatic N) is 4. The molecule has 0 spiro atoms. The van der Waals surface area contributed by atoms with Crippen LogP contribution in [0.2, 0.25) is 0 Å². The summed E-state index contributed by atoms with van der Waals surface area (Å²) in [5, 5.41) is 0. The minimum absolute atomic E-state index is 0.234. The van der Waals surface area contributed by atoms with E-state index in [2.05, 4.69) is 44.9 Å². The molecule has 4 rings (SSSR count). The van der Waals surface area contributed by atoms with Gasteiger partial charge in [-0.15, -0.1) is 0 Å². The van der Waals surface area contributed by atoms with Gasteiger partial charge in [0.2, 0.25) is 5.91 Å². The third kappa shape index (κ3) is 4.34. The summed E-state index contributed by atoms with van der Waals surface area (Å²) in [4.78, 5) is 21.6.